The molecule has 0 N–H and O–H groups in total. The summed E-state index contributed by atoms with van der Waals surface area (Å²) in [5.74, 6) is -0.575. The molecule has 4 nitrogen and oxygen atoms in total. The van der Waals surface area contributed by atoms with Crippen LogP contribution in [-0.4, -0.2) is 5.97 Å². The van der Waals surface area contributed by atoms with Crippen LogP contribution in [0.15, 0.2) is 82.0 Å². The first-order valence-corrected chi connectivity index (χ1v) is 9.57. The summed E-state index contributed by atoms with van der Waals surface area (Å²) in [5.41, 5.74) is 1.96. The van der Waals surface area contributed by atoms with Crippen molar-refractivity contribution >= 4 is 28.5 Å². The molecule has 0 spiro atoms. The Balaban J connectivity index is 1.92. The third-order valence-corrected chi connectivity index (χ3v) is 4.88. The number of halogens is 1. The van der Waals surface area contributed by atoms with Gasteiger partial charge < -0.3 is 9.15 Å². The Kier molecular flexibility index (Phi) is 5.19. The number of fused-ring (bicyclic) bond motifs is 1. The molecule has 1 heterocycles. The van der Waals surface area contributed by atoms with E-state index in [1.165, 1.54) is 0 Å². The molecular weight excluding hydrogens is 388 g/mol. The number of hydrogen-bond donors (Lipinski definition) is 0. The highest BCUT2D eigenvalue weighted by molar-refractivity contribution is 6.30. The zero-order valence-corrected chi connectivity index (χ0v) is 16.4. The van der Waals surface area contributed by atoms with Gasteiger partial charge in [0.1, 0.15) is 5.58 Å². The van der Waals surface area contributed by atoms with Gasteiger partial charge in [-0.15, -0.1) is 0 Å². The summed E-state index contributed by atoms with van der Waals surface area (Å²) >= 11 is 5.99. The predicted molar refractivity (Wildman–Crippen MR) is 114 cm³/mol. The van der Waals surface area contributed by atoms with Crippen LogP contribution in [0.2, 0.25) is 5.02 Å². The van der Waals surface area contributed by atoms with E-state index in [1.54, 1.807) is 66.7 Å². The van der Waals surface area contributed by atoms with E-state index in [-0.39, 0.29) is 11.5 Å². The van der Waals surface area contributed by atoms with E-state index >= 15 is 0 Å². The highest BCUT2D eigenvalue weighted by atomic mass is 35.5. The highest BCUT2D eigenvalue weighted by Gasteiger charge is 2.21. The minimum Gasteiger partial charge on any atom is -0.452 e. The van der Waals surface area contributed by atoms with Gasteiger partial charge in [-0.1, -0.05) is 42.8 Å². The van der Waals surface area contributed by atoms with Gasteiger partial charge in [-0.05, 0) is 60.5 Å². The van der Waals surface area contributed by atoms with Gasteiger partial charge in [-0.25, -0.2) is 4.79 Å². The Labute approximate surface area is 172 Å². The maximum Gasteiger partial charge on any atom is 0.343 e. The second-order valence-corrected chi connectivity index (χ2v) is 6.97. The van der Waals surface area contributed by atoms with E-state index in [4.69, 9.17) is 20.8 Å². The molecule has 0 aliphatic heterocycles. The smallest absolute Gasteiger partial charge is 0.343 e. The average Bonchev–Trinajstić information content (AvgIpc) is 2.76. The molecule has 144 valence electrons. The van der Waals surface area contributed by atoms with Crippen molar-refractivity contribution < 1.29 is 13.9 Å². The Bertz CT molecular complexity index is 1240. The third kappa shape index (κ3) is 3.80. The second-order valence-electron chi connectivity index (χ2n) is 6.54. The molecule has 29 heavy (non-hydrogen) atoms. The SMILES string of the molecule is CCc1ccc2oc(-c3ccc(Cl)cc3)c(OC(=O)c3ccccc3)c(=O)c2c1. The van der Waals surface area contributed by atoms with Crippen LogP contribution in [0.25, 0.3) is 22.3 Å². The first-order valence-electron chi connectivity index (χ1n) is 9.19. The lowest BCUT2D eigenvalue weighted by Crippen LogP contribution is -2.16. The summed E-state index contributed by atoms with van der Waals surface area (Å²) in [6, 6.07) is 20.8. The lowest BCUT2D eigenvalue weighted by Gasteiger charge is -2.11. The molecule has 0 unspecified atom stereocenters. The van der Waals surface area contributed by atoms with Crippen LogP contribution in [0, 0.1) is 0 Å². The number of aryl methyl sites for hydroxylation is 1. The third-order valence-electron chi connectivity index (χ3n) is 4.63. The maximum absolute atomic E-state index is 13.3. The van der Waals surface area contributed by atoms with Gasteiger partial charge in [-0.2, -0.15) is 0 Å². The van der Waals surface area contributed by atoms with Crippen LogP contribution < -0.4 is 10.2 Å². The number of ether oxygens (including phenoxy) is 1. The Morgan fingerprint density at radius 1 is 1.00 bits per heavy atom. The van der Waals surface area contributed by atoms with Crippen LogP contribution in [0.1, 0.15) is 22.8 Å². The van der Waals surface area contributed by atoms with E-state index in [0.29, 0.717) is 27.1 Å². The second kappa shape index (κ2) is 7.94. The van der Waals surface area contributed by atoms with E-state index in [2.05, 4.69) is 0 Å². The lowest BCUT2D eigenvalue weighted by molar-refractivity contribution is 0.0731. The lowest BCUT2D eigenvalue weighted by atomic mass is 10.1. The summed E-state index contributed by atoms with van der Waals surface area (Å²) < 4.78 is 11.6. The van der Waals surface area contributed by atoms with Gasteiger partial charge in [0.2, 0.25) is 11.2 Å². The van der Waals surface area contributed by atoms with E-state index in [1.807, 2.05) is 13.0 Å². The molecule has 0 amide bonds. The standard InChI is InChI=1S/C24H17ClO4/c1-2-15-8-13-20-19(14-15)21(26)23(29-24(27)17-6-4-3-5-7-17)22(28-20)16-9-11-18(25)12-10-16/h3-14H,2H2,1H3. The average molecular weight is 405 g/mol. The van der Waals surface area contributed by atoms with Crippen molar-refractivity contribution in [2.45, 2.75) is 13.3 Å². The molecule has 4 rings (SSSR count). The predicted octanol–water partition coefficient (Wildman–Crippen LogP) is 5.90. The van der Waals surface area contributed by atoms with Crippen molar-refractivity contribution in [3.8, 4) is 17.1 Å². The maximum atomic E-state index is 13.3. The minimum atomic E-state index is -0.626. The molecule has 0 atom stereocenters. The van der Waals surface area contributed by atoms with Gasteiger partial charge in [0, 0.05) is 10.6 Å². The first kappa shape index (κ1) is 19.0. The Morgan fingerprint density at radius 3 is 2.41 bits per heavy atom. The quantitative estimate of drug-likeness (QED) is 0.397. The number of rotatable bonds is 4. The van der Waals surface area contributed by atoms with Gasteiger partial charge in [0.15, 0.2) is 5.76 Å². The topological polar surface area (TPSA) is 56.5 Å². The van der Waals surface area contributed by atoms with Crippen LogP contribution in [0.5, 0.6) is 5.75 Å². The molecule has 0 saturated carbocycles. The van der Waals surface area contributed by atoms with Crippen molar-refractivity contribution in [1.29, 1.82) is 0 Å². The molecule has 0 aliphatic rings. The monoisotopic (exact) mass is 404 g/mol. The fraction of sp³-hybridized carbons (Fsp3) is 0.0833. The molecule has 0 fully saturated rings. The zero-order chi connectivity index (χ0) is 20.4. The molecular formula is C24H17ClO4. The summed E-state index contributed by atoms with van der Waals surface area (Å²) in [5, 5.41) is 0.922. The zero-order valence-electron chi connectivity index (χ0n) is 15.6. The van der Waals surface area contributed by atoms with Gasteiger partial charge in [-0.3, -0.25) is 4.79 Å². The molecule has 5 heteroatoms. The van der Waals surface area contributed by atoms with Gasteiger partial charge >= 0.3 is 5.97 Å². The number of carbonyl (C=O) groups excluding carboxylic acids is 1. The normalized spacial score (nSPS) is 10.8. The number of esters is 1. The molecule has 3 aromatic carbocycles. The van der Waals surface area contributed by atoms with E-state index in [9.17, 15) is 9.59 Å². The number of hydrogen-bond acceptors (Lipinski definition) is 4. The van der Waals surface area contributed by atoms with Gasteiger partial charge in [0.05, 0.1) is 10.9 Å². The summed E-state index contributed by atoms with van der Waals surface area (Å²) in [6.45, 7) is 2.00. The first-order chi connectivity index (χ1) is 14.1. The van der Waals surface area contributed by atoms with Gasteiger partial charge in [0.25, 0.3) is 0 Å². The van der Waals surface area contributed by atoms with Crippen molar-refractivity contribution in [2.75, 3.05) is 0 Å². The molecule has 0 bridgehead atoms. The summed E-state index contributed by atoms with van der Waals surface area (Å²) in [6.07, 6.45) is 0.771. The Morgan fingerprint density at radius 2 is 1.72 bits per heavy atom. The van der Waals surface area contributed by atoms with Crippen molar-refractivity contribution in [3.05, 3.63) is 99.2 Å². The fourth-order valence-corrected chi connectivity index (χ4v) is 3.18. The van der Waals surface area contributed by atoms with Crippen LogP contribution in [0.3, 0.4) is 0 Å². The van der Waals surface area contributed by atoms with E-state index in [0.717, 1.165) is 12.0 Å². The largest absolute Gasteiger partial charge is 0.452 e. The Hall–Kier alpha value is -3.37. The fourth-order valence-electron chi connectivity index (χ4n) is 3.06. The van der Waals surface area contributed by atoms with Crippen molar-refractivity contribution in [2.24, 2.45) is 0 Å². The van der Waals surface area contributed by atoms with Crippen molar-refractivity contribution in [3.63, 3.8) is 0 Å². The highest BCUT2D eigenvalue weighted by Crippen LogP contribution is 2.32. The molecule has 0 radical (unpaired) electrons. The summed E-state index contributed by atoms with van der Waals surface area (Å²) in [7, 11) is 0. The van der Waals surface area contributed by atoms with E-state index < -0.39 is 11.4 Å². The van der Waals surface area contributed by atoms with Crippen LogP contribution >= 0.6 is 11.6 Å². The summed E-state index contributed by atoms with van der Waals surface area (Å²) in [4.78, 5) is 25.9. The molecule has 0 aliphatic carbocycles. The molecule has 0 saturated heterocycles. The van der Waals surface area contributed by atoms with Crippen LogP contribution in [-0.2, 0) is 6.42 Å². The van der Waals surface area contributed by atoms with Crippen molar-refractivity contribution in [1.82, 2.24) is 0 Å². The van der Waals surface area contributed by atoms with Crippen LogP contribution in [0.4, 0.5) is 0 Å². The molecule has 4 aromatic rings. The number of carbonyl (C=O) groups is 1. The minimum absolute atomic E-state index is 0.137. The number of benzene rings is 3. The molecule has 1 aromatic heterocycles.